The lowest BCUT2D eigenvalue weighted by molar-refractivity contribution is -0.143. The van der Waals surface area contributed by atoms with Crippen molar-refractivity contribution in [2.75, 3.05) is 18.8 Å². The first-order chi connectivity index (χ1) is 37.5. The third-order valence-electron chi connectivity index (χ3n) is 11.9. The second-order valence-electron chi connectivity index (χ2n) is 18.9. The van der Waals surface area contributed by atoms with E-state index in [4.69, 9.17) is 28.7 Å². The van der Waals surface area contributed by atoms with Crippen LogP contribution in [0.1, 0.15) is 97.0 Å². The smallest absolute Gasteiger partial charge is 0.326 e. The molecule has 10 atom stereocenters. The molecule has 0 saturated carbocycles. The SMILES string of the molecule is CC(C)[C@H](NC(=O)[C@H](CCCN=C(N)N)NC(=O)[C@H](CCC(N)=O)NC(=O)[C@H](CCC(=O)O)NC(=O)[C@H](CS)NC(=O)[C@@H](NC(=O)[C@H](CCC(=O)O)NC(=O)[C@H](Cc1ccc(O)cc1)NC(=O)[C@@H](N)CCCCN)[C@@H](C)O)C(=O)O. The van der Waals surface area contributed by atoms with E-state index in [1.165, 1.54) is 38.1 Å². The number of primary amides is 1. The number of aromatic hydroxyl groups is 1. The number of amides is 9. The predicted octanol–water partition coefficient (Wildman–Crippen LogP) is -5.63. The maximum Gasteiger partial charge on any atom is 0.326 e. The minimum absolute atomic E-state index is 0.0281. The summed E-state index contributed by atoms with van der Waals surface area (Å²) in [5, 5.41) is 67.9. The number of aliphatic hydroxyl groups excluding tert-OH is 1. The number of carbonyl (C=O) groups excluding carboxylic acids is 9. The third-order valence-corrected chi connectivity index (χ3v) is 12.2. The summed E-state index contributed by atoms with van der Waals surface area (Å²) in [4.78, 5) is 161. The van der Waals surface area contributed by atoms with E-state index in [2.05, 4.69) is 60.2 Å². The van der Waals surface area contributed by atoms with Gasteiger partial charge in [0.05, 0.1) is 12.1 Å². The predicted molar refractivity (Wildman–Crippen MR) is 288 cm³/mol. The van der Waals surface area contributed by atoms with Gasteiger partial charge < -0.3 is 96.7 Å². The second-order valence-corrected chi connectivity index (χ2v) is 19.3. The molecule has 1 aromatic rings. The first kappa shape index (κ1) is 70.2. The standard InChI is InChI=1S/C48H78N14O17S/c1-23(2)37(47(78)79)61-42(73)28(8-6-20-54-48(52)53)55-40(71)29(13-16-34(51)65)56-41(72)30(14-17-35(66)67)58-45(76)33(22-80)60-46(77)38(24(3)63)62-43(74)31(15-18-36(68)69)57-44(75)32(21-25-9-11-26(64)12-10-25)59-39(70)27(50)7-4-5-19-49/h9-12,23-24,27-33,37-38,63-64,80H,4-8,13-22,49-50H2,1-3H3,(H2,51,65)(H,55,71)(H,56,72)(H,57,75)(H,58,76)(H,59,70)(H,60,77)(H,61,73)(H,62,74)(H,66,67)(H,68,69)(H,78,79)(H4,52,53,54)/t24-,27+,28+,29+,30+,31+,32+,33+,37+,38+/m1/s1. The molecule has 0 saturated heterocycles. The van der Waals surface area contributed by atoms with Gasteiger partial charge in [0.2, 0.25) is 53.2 Å². The van der Waals surface area contributed by atoms with Crippen LogP contribution in [0.2, 0.25) is 0 Å². The van der Waals surface area contributed by atoms with Gasteiger partial charge in [-0.15, -0.1) is 0 Å². The highest BCUT2D eigenvalue weighted by molar-refractivity contribution is 7.80. The van der Waals surface area contributed by atoms with E-state index >= 15 is 0 Å². The highest BCUT2D eigenvalue weighted by Crippen LogP contribution is 2.14. The minimum atomic E-state index is -1.95. The Morgan fingerprint density at radius 1 is 0.537 bits per heavy atom. The Hall–Kier alpha value is -7.84. The van der Waals surface area contributed by atoms with Crippen LogP contribution in [0.25, 0.3) is 0 Å². The number of aliphatic hydroxyl groups is 1. The number of thiol groups is 1. The number of phenols is 1. The van der Waals surface area contributed by atoms with E-state index in [-0.39, 0.29) is 43.9 Å². The Balaban J connectivity index is 3.49. The van der Waals surface area contributed by atoms with Crippen LogP contribution in [0.3, 0.4) is 0 Å². The number of aliphatic carboxylic acids is 3. The van der Waals surface area contributed by atoms with Gasteiger partial charge in [0.15, 0.2) is 5.96 Å². The molecule has 80 heavy (non-hydrogen) atoms. The van der Waals surface area contributed by atoms with E-state index in [1.807, 2.05) is 0 Å². The zero-order valence-electron chi connectivity index (χ0n) is 44.7. The van der Waals surface area contributed by atoms with Gasteiger partial charge in [0.25, 0.3) is 0 Å². The van der Waals surface area contributed by atoms with Crippen LogP contribution in [0.4, 0.5) is 0 Å². The molecule has 448 valence electrons. The van der Waals surface area contributed by atoms with Crippen LogP contribution < -0.4 is 71.2 Å². The number of benzene rings is 1. The molecular weight excluding hydrogens is 1080 g/mol. The maximum atomic E-state index is 13.9. The fourth-order valence-electron chi connectivity index (χ4n) is 7.37. The molecule has 0 aliphatic carbocycles. The quantitative estimate of drug-likeness (QED) is 0.0126. The number of nitrogens with two attached hydrogens (primary N) is 5. The molecule has 23 N–H and O–H groups in total. The van der Waals surface area contributed by atoms with Gasteiger partial charge >= 0.3 is 17.9 Å². The van der Waals surface area contributed by atoms with Crippen molar-refractivity contribution in [2.24, 2.45) is 39.6 Å². The van der Waals surface area contributed by atoms with Crippen LogP contribution >= 0.6 is 12.6 Å². The number of carbonyl (C=O) groups is 12. The van der Waals surface area contributed by atoms with Crippen LogP contribution in [-0.2, 0) is 64.0 Å². The number of guanidine groups is 1. The largest absolute Gasteiger partial charge is 0.508 e. The summed E-state index contributed by atoms with van der Waals surface area (Å²) in [6.07, 6.45) is -4.61. The highest BCUT2D eigenvalue weighted by atomic mass is 32.1. The van der Waals surface area contributed by atoms with Crippen LogP contribution in [0, 0.1) is 5.92 Å². The third kappa shape index (κ3) is 27.2. The van der Waals surface area contributed by atoms with Gasteiger partial charge in [-0.05, 0) is 82.0 Å². The second kappa shape index (κ2) is 36.4. The van der Waals surface area contributed by atoms with Crippen LogP contribution in [0.5, 0.6) is 5.75 Å². The summed E-state index contributed by atoms with van der Waals surface area (Å²) in [6.45, 7) is 4.40. The molecule has 0 unspecified atom stereocenters. The molecule has 1 rings (SSSR count). The molecule has 0 bridgehead atoms. The first-order valence-electron chi connectivity index (χ1n) is 25.5. The van der Waals surface area contributed by atoms with Crippen molar-refractivity contribution < 1.29 is 83.1 Å². The van der Waals surface area contributed by atoms with Crippen molar-refractivity contribution in [3.8, 4) is 5.75 Å². The van der Waals surface area contributed by atoms with Crippen molar-refractivity contribution >= 4 is 89.7 Å². The fraction of sp³-hybridized carbons (Fsp3) is 0.604. The molecule has 32 heteroatoms. The Morgan fingerprint density at radius 3 is 1.39 bits per heavy atom. The van der Waals surface area contributed by atoms with Gasteiger partial charge in [-0.25, -0.2) is 4.79 Å². The molecule has 0 aliphatic heterocycles. The van der Waals surface area contributed by atoms with Gasteiger partial charge in [-0.1, -0.05) is 32.4 Å². The monoisotopic (exact) mass is 1150 g/mol. The van der Waals surface area contributed by atoms with E-state index in [0.717, 1.165) is 6.92 Å². The lowest BCUT2D eigenvalue weighted by Gasteiger charge is -2.28. The maximum absolute atomic E-state index is 13.9. The zero-order valence-corrected chi connectivity index (χ0v) is 45.6. The number of carboxylic acid groups (broad SMARTS) is 3. The average Bonchev–Trinajstić information content (AvgIpc) is 3.38. The summed E-state index contributed by atoms with van der Waals surface area (Å²) in [7, 11) is 0. The Labute approximate surface area is 466 Å². The van der Waals surface area contributed by atoms with E-state index < -0.39 is 182 Å². The van der Waals surface area contributed by atoms with Gasteiger partial charge in [-0.2, -0.15) is 12.6 Å². The van der Waals surface area contributed by atoms with Crippen molar-refractivity contribution in [2.45, 2.75) is 158 Å². The summed E-state index contributed by atoms with van der Waals surface area (Å²) < 4.78 is 0. The number of phenolic OH excluding ortho intramolecular Hbond substituents is 1. The summed E-state index contributed by atoms with van der Waals surface area (Å²) >= 11 is 4.11. The molecule has 0 spiro atoms. The number of unbranched alkanes of at least 4 members (excludes halogenated alkanes) is 1. The van der Waals surface area contributed by atoms with E-state index in [0.29, 0.717) is 24.9 Å². The number of hydrogen-bond acceptors (Lipinski definition) is 18. The topological polar surface area (TPSA) is 545 Å². The van der Waals surface area contributed by atoms with Crippen LogP contribution in [0.15, 0.2) is 29.3 Å². The lowest BCUT2D eigenvalue weighted by Crippen LogP contribution is -2.62. The molecule has 31 nitrogen and oxygen atoms in total. The molecule has 0 radical (unpaired) electrons. The van der Waals surface area contributed by atoms with E-state index in [1.54, 1.807) is 0 Å². The molecule has 1 aromatic carbocycles. The number of carboxylic acids is 3. The van der Waals surface area contributed by atoms with E-state index in [9.17, 15) is 83.1 Å². The van der Waals surface area contributed by atoms with Crippen molar-refractivity contribution in [3.63, 3.8) is 0 Å². The first-order valence-corrected chi connectivity index (χ1v) is 26.1. The van der Waals surface area contributed by atoms with Crippen molar-refractivity contribution in [3.05, 3.63) is 29.8 Å². The van der Waals surface area contributed by atoms with Gasteiger partial charge in [-0.3, -0.25) is 57.7 Å². The number of aliphatic imine (C=N–C) groups is 1. The van der Waals surface area contributed by atoms with Crippen LogP contribution in [-0.4, -0.2) is 182 Å². The number of hydrogen-bond donors (Lipinski definition) is 19. The Kier molecular flexibility index (Phi) is 31.9. The van der Waals surface area contributed by atoms with Gasteiger partial charge in [0.1, 0.15) is 54.1 Å². The lowest BCUT2D eigenvalue weighted by atomic mass is 10.0. The molecule has 0 heterocycles. The van der Waals surface area contributed by atoms with Gasteiger partial charge in [0, 0.05) is 38.0 Å². The normalized spacial score (nSPS) is 14.8. The van der Waals surface area contributed by atoms with Crippen molar-refractivity contribution in [1.29, 1.82) is 0 Å². The molecule has 0 aliphatic rings. The molecule has 9 amide bonds. The zero-order chi connectivity index (χ0) is 60.8. The van der Waals surface area contributed by atoms with Crippen molar-refractivity contribution in [1.82, 2.24) is 42.5 Å². The Morgan fingerprint density at radius 2 is 0.963 bits per heavy atom. The average molecular weight is 1160 g/mol. The number of nitrogens with zero attached hydrogens (tertiary/aromatic N) is 1. The minimum Gasteiger partial charge on any atom is -0.508 e. The summed E-state index contributed by atoms with van der Waals surface area (Å²) in [6, 6.07) is -8.81. The number of nitrogens with one attached hydrogen (secondary N) is 8. The summed E-state index contributed by atoms with van der Waals surface area (Å²) in [5.74, 6) is -15.4. The molecule has 0 aromatic heterocycles. The highest BCUT2D eigenvalue weighted by Gasteiger charge is 2.37. The fourth-order valence-corrected chi connectivity index (χ4v) is 7.62. The molecule has 0 fully saturated rings. The molecular formula is C48H78N14O17S. The Bertz CT molecular complexity index is 2320. The summed E-state index contributed by atoms with van der Waals surface area (Å²) in [5.41, 5.74) is 28.1. The number of rotatable bonds is 39.